The number of fused-ring (bicyclic) bond motifs is 3. The molecule has 1 aliphatic rings. The summed E-state index contributed by atoms with van der Waals surface area (Å²) in [6.07, 6.45) is 5.92. The zero-order chi connectivity index (χ0) is 21.9. The van der Waals surface area contributed by atoms with Crippen LogP contribution in [0.3, 0.4) is 0 Å². The number of rotatable bonds is 7. The molecule has 0 bridgehead atoms. The number of ether oxygens (including phenoxy) is 1. The van der Waals surface area contributed by atoms with Crippen molar-refractivity contribution in [2.45, 2.75) is 51.6 Å². The van der Waals surface area contributed by atoms with E-state index in [2.05, 4.69) is 63.5 Å². The molecule has 32 heavy (non-hydrogen) atoms. The fraction of sp³-hybridized carbons (Fsp3) is 0.346. The third kappa shape index (κ3) is 4.05. The maximum absolute atomic E-state index is 12.4. The van der Waals surface area contributed by atoms with E-state index in [4.69, 9.17) is 4.74 Å². The van der Waals surface area contributed by atoms with Crippen molar-refractivity contribution >= 4 is 16.9 Å². The van der Waals surface area contributed by atoms with E-state index in [-0.39, 0.29) is 12.0 Å². The highest BCUT2D eigenvalue weighted by atomic mass is 16.5. The Morgan fingerprint density at radius 3 is 2.78 bits per heavy atom. The molecule has 5 rings (SSSR count). The zero-order valence-corrected chi connectivity index (χ0v) is 18.4. The highest BCUT2D eigenvalue weighted by molar-refractivity contribution is 5.89. The second kappa shape index (κ2) is 8.99. The molecule has 6 heteroatoms. The largest absolute Gasteiger partial charge is 0.465 e. The van der Waals surface area contributed by atoms with Gasteiger partial charge < -0.3 is 9.30 Å². The molecule has 6 nitrogen and oxygen atoms in total. The van der Waals surface area contributed by atoms with Gasteiger partial charge in [-0.25, -0.2) is 4.68 Å². The van der Waals surface area contributed by atoms with Crippen LogP contribution in [-0.4, -0.2) is 32.1 Å². The van der Waals surface area contributed by atoms with Gasteiger partial charge in [0.1, 0.15) is 0 Å². The van der Waals surface area contributed by atoms with Crippen LogP contribution >= 0.6 is 0 Å². The number of hydrogen-bond acceptors (Lipinski definition) is 4. The lowest BCUT2D eigenvalue weighted by atomic mass is 10.0. The van der Waals surface area contributed by atoms with Gasteiger partial charge in [0.25, 0.3) is 0 Å². The Hall–Kier alpha value is -3.41. The van der Waals surface area contributed by atoms with Gasteiger partial charge in [-0.15, -0.1) is 5.10 Å². The van der Waals surface area contributed by atoms with E-state index in [0.29, 0.717) is 13.0 Å². The third-order valence-electron chi connectivity index (χ3n) is 6.25. The standard InChI is InChI=1S/C26H28N4O2/c1-2-14-32-26(31)16-23-22-10-6-7-11-24(22)29-18-21(12-13-25(23)29)30-17-20(27-28-30)15-19-8-4-3-5-9-19/h3-11,17,21H,2,12-16,18H2,1H3. The number of carbonyl (C=O) groups is 1. The fourth-order valence-electron chi connectivity index (χ4n) is 4.73. The quantitative estimate of drug-likeness (QED) is 0.407. The summed E-state index contributed by atoms with van der Waals surface area (Å²) in [5, 5.41) is 10.0. The average molecular weight is 429 g/mol. The minimum absolute atomic E-state index is 0.144. The highest BCUT2D eigenvalue weighted by Crippen LogP contribution is 2.34. The lowest BCUT2D eigenvalue weighted by molar-refractivity contribution is -0.142. The summed E-state index contributed by atoms with van der Waals surface area (Å²) < 4.78 is 9.76. The van der Waals surface area contributed by atoms with Gasteiger partial charge in [0, 0.05) is 35.8 Å². The van der Waals surface area contributed by atoms with Crippen LogP contribution in [0.4, 0.5) is 0 Å². The second-order valence-corrected chi connectivity index (χ2v) is 8.50. The summed E-state index contributed by atoms with van der Waals surface area (Å²) >= 11 is 0. The number of hydrogen-bond donors (Lipinski definition) is 0. The van der Waals surface area contributed by atoms with E-state index < -0.39 is 0 Å². The van der Waals surface area contributed by atoms with Crippen LogP contribution in [-0.2, 0) is 35.3 Å². The minimum Gasteiger partial charge on any atom is -0.465 e. The van der Waals surface area contributed by atoms with Crippen molar-refractivity contribution in [3.63, 3.8) is 0 Å². The molecule has 1 unspecified atom stereocenters. The third-order valence-corrected chi connectivity index (χ3v) is 6.25. The van der Waals surface area contributed by atoms with E-state index in [1.165, 1.54) is 16.8 Å². The predicted octanol–water partition coefficient (Wildman–Crippen LogP) is 4.51. The molecule has 0 aliphatic carbocycles. The van der Waals surface area contributed by atoms with Crippen molar-refractivity contribution in [2.75, 3.05) is 6.61 Å². The lowest BCUT2D eigenvalue weighted by Gasteiger charge is -2.26. The molecule has 0 N–H and O–H groups in total. The van der Waals surface area contributed by atoms with E-state index in [1.54, 1.807) is 0 Å². The summed E-state index contributed by atoms with van der Waals surface area (Å²) in [5.41, 5.74) is 5.76. The van der Waals surface area contributed by atoms with Crippen LogP contribution in [0.1, 0.15) is 48.3 Å². The molecule has 0 saturated heterocycles. The number of nitrogens with zero attached hydrogens (tertiary/aromatic N) is 4. The Kier molecular flexibility index (Phi) is 5.75. The van der Waals surface area contributed by atoms with Crippen LogP contribution < -0.4 is 0 Å². The van der Waals surface area contributed by atoms with Crippen molar-refractivity contribution in [2.24, 2.45) is 0 Å². The Labute approximate surface area is 187 Å². The van der Waals surface area contributed by atoms with Gasteiger partial charge in [-0.3, -0.25) is 4.79 Å². The lowest BCUT2D eigenvalue weighted by Crippen LogP contribution is -2.24. The summed E-state index contributed by atoms with van der Waals surface area (Å²) in [4.78, 5) is 12.4. The van der Waals surface area contributed by atoms with E-state index in [1.807, 2.05) is 23.7 Å². The van der Waals surface area contributed by atoms with Gasteiger partial charge in [-0.05, 0) is 36.5 Å². The first-order valence-corrected chi connectivity index (χ1v) is 11.4. The molecular weight excluding hydrogens is 400 g/mol. The summed E-state index contributed by atoms with van der Waals surface area (Å²) in [5.74, 6) is -0.144. The predicted molar refractivity (Wildman–Crippen MR) is 124 cm³/mol. The molecule has 0 spiro atoms. The maximum atomic E-state index is 12.4. The Morgan fingerprint density at radius 2 is 1.94 bits per heavy atom. The zero-order valence-electron chi connectivity index (χ0n) is 18.4. The van der Waals surface area contributed by atoms with Crippen LogP contribution in [0.5, 0.6) is 0 Å². The maximum Gasteiger partial charge on any atom is 0.310 e. The summed E-state index contributed by atoms with van der Waals surface area (Å²) in [7, 11) is 0. The molecule has 1 atom stereocenters. The molecule has 164 valence electrons. The SMILES string of the molecule is CCCOC(=O)Cc1c2n(c3ccccc13)CC(n1cc(Cc3ccccc3)nn1)CC2. The van der Waals surface area contributed by atoms with Gasteiger partial charge in [0.05, 0.1) is 24.8 Å². The average Bonchev–Trinajstić information content (AvgIpc) is 3.41. The summed E-state index contributed by atoms with van der Waals surface area (Å²) in [6, 6.07) is 19.0. The van der Waals surface area contributed by atoms with E-state index in [9.17, 15) is 4.79 Å². The van der Waals surface area contributed by atoms with Crippen molar-refractivity contribution < 1.29 is 9.53 Å². The monoisotopic (exact) mass is 428 g/mol. The highest BCUT2D eigenvalue weighted by Gasteiger charge is 2.27. The molecule has 0 radical (unpaired) electrons. The minimum atomic E-state index is -0.144. The van der Waals surface area contributed by atoms with Gasteiger partial charge in [0.2, 0.25) is 0 Å². The fourth-order valence-corrected chi connectivity index (χ4v) is 4.73. The van der Waals surface area contributed by atoms with Gasteiger partial charge in [-0.2, -0.15) is 0 Å². The summed E-state index contributed by atoms with van der Waals surface area (Å²) in [6.45, 7) is 3.32. The Balaban J connectivity index is 1.39. The van der Waals surface area contributed by atoms with Gasteiger partial charge in [-0.1, -0.05) is 60.7 Å². The first kappa shape index (κ1) is 20.5. The molecule has 0 fully saturated rings. The van der Waals surface area contributed by atoms with E-state index >= 15 is 0 Å². The molecule has 2 aromatic heterocycles. The topological polar surface area (TPSA) is 61.9 Å². The molecule has 1 aliphatic heterocycles. The normalized spacial score (nSPS) is 15.6. The van der Waals surface area contributed by atoms with Crippen LogP contribution in [0.25, 0.3) is 10.9 Å². The molecular formula is C26H28N4O2. The van der Waals surface area contributed by atoms with Crippen LogP contribution in [0.2, 0.25) is 0 Å². The second-order valence-electron chi connectivity index (χ2n) is 8.50. The molecule has 3 heterocycles. The first-order chi connectivity index (χ1) is 15.7. The Bertz CT molecular complexity index is 1230. The molecule has 4 aromatic rings. The Morgan fingerprint density at radius 1 is 1.12 bits per heavy atom. The number of carbonyl (C=O) groups excluding carboxylic acids is 1. The van der Waals surface area contributed by atoms with E-state index in [0.717, 1.165) is 48.9 Å². The first-order valence-electron chi connectivity index (χ1n) is 11.4. The molecule has 0 amide bonds. The van der Waals surface area contributed by atoms with Crippen LogP contribution in [0.15, 0.2) is 60.8 Å². The number of benzene rings is 2. The van der Waals surface area contributed by atoms with Gasteiger partial charge in [0.15, 0.2) is 0 Å². The van der Waals surface area contributed by atoms with Gasteiger partial charge >= 0.3 is 5.97 Å². The molecule has 2 aromatic carbocycles. The number of aromatic nitrogens is 4. The molecule has 0 saturated carbocycles. The van der Waals surface area contributed by atoms with Crippen LogP contribution in [0, 0.1) is 0 Å². The smallest absolute Gasteiger partial charge is 0.310 e. The van der Waals surface area contributed by atoms with Crippen molar-refractivity contribution in [1.82, 2.24) is 19.6 Å². The van der Waals surface area contributed by atoms with Crippen molar-refractivity contribution in [1.29, 1.82) is 0 Å². The van der Waals surface area contributed by atoms with Crippen molar-refractivity contribution in [3.8, 4) is 0 Å². The number of esters is 1. The van der Waals surface area contributed by atoms with Crippen molar-refractivity contribution in [3.05, 3.63) is 83.3 Å². The number of para-hydroxylation sites is 1.